The van der Waals surface area contributed by atoms with Crippen molar-refractivity contribution >= 4 is 66.6 Å². The van der Waals surface area contributed by atoms with E-state index >= 15 is 0 Å². The molecule has 0 N–H and O–H groups in total. The molecular formula is C17H14Cl6Zr. The van der Waals surface area contributed by atoms with Crippen LogP contribution in [0.15, 0.2) is 36.4 Å². The summed E-state index contributed by atoms with van der Waals surface area (Å²) < 4.78 is 0.984. The summed E-state index contributed by atoms with van der Waals surface area (Å²) in [5.74, 6) is 1.62. The van der Waals surface area contributed by atoms with E-state index in [-0.39, 0.29) is 0 Å². The average molecular weight is 522 g/mol. The van der Waals surface area contributed by atoms with Crippen molar-refractivity contribution in [3.8, 4) is 0 Å². The third-order valence-corrected chi connectivity index (χ3v) is 9.31. The van der Waals surface area contributed by atoms with Gasteiger partial charge in [-0.1, -0.05) is 0 Å². The van der Waals surface area contributed by atoms with Gasteiger partial charge in [0.25, 0.3) is 0 Å². The number of hydrogen-bond donors (Lipinski definition) is 0. The van der Waals surface area contributed by atoms with Crippen LogP contribution in [0.4, 0.5) is 0 Å². The standard InChI is InChI=1S/C17H14Cl4.2ClH.Zr/c18-8-14-2-12(3-15(6-14)9-19)1-13-4-16(10-20)7-17(5-13)11-21;;;/h2-7H,8-11H2;2*1H;/q;;;+2/p-2. The molecule has 0 unspecified atom stereocenters. The van der Waals surface area contributed by atoms with Crippen LogP contribution in [-0.2, 0) is 42.4 Å². The third kappa shape index (κ3) is 5.46. The van der Waals surface area contributed by atoms with Gasteiger partial charge in [-0.05, 0) is 0 Å². The van der Waals surface area contributed by atoms with Gasteiger partial charge < -0.3 is 0 Å². The Morgan fingerprint density at radius 2 is 0.875 bits per heavy atom. The Morgan fingerprint density at radius 1 is 0.583 bits per heavy atom. The summed E-state index contributed by atoms with van der Waals surface area (Å²) in [5.41, 5.74) is 5.93. The van der Waals surface area contributed by atoms with Crippen molar-refractivity contribution in [2.45, 2.75) is 23.5 Å². The molecule has 24 heavy (non-hydrogen) atoms. The monoisotopic (exact) mass is 518 g/mol. The van der Waals surface area contributed by atoms with E-state index < -0.39 is 18.9 Å². The van der Waals surface area contributed by atoms with Gasteiger partial charge in [-0.15, -0.1) is 0 Å². The van der Waals surface area contributed by atoms with E-state index in [9.17, 15) is 0 Å². The second kappa shape index (κ2) is 10.3. The van der Waals surface area contributed by atoms with Gasteiger partial charge in [0.2, 0.25) is 0 Å². The van der Waals surface area contributed by atoms with Gasteiger partial charge in [0.1, 0.15) is 0 Å². The Hall–Kier alpha value is 0.933. The molecule has 0 fully saturated rings. The molecule has 0 heterocycles. The van der Waals surface area contributed by atoms with Crippen molar-refractivity contribution in [1.82, 2.24) is 0 Å². The normalized spacial score (nSPS) is 10.8. The first-order valence-corrected chi connectivity index (χ1v) is 16.8. The van der Waals surface area contributed by atoms with E-state index in [1.807, 2.05) is 36.4 Å². The predicted molar refractivity (Wildman–Crippen MR) is 106 cm³/mol. The van der Waals surface area contributed by atoms with Crippen molar-refractivity contribution in [3.63, 3.8) is 0 Å². The molecule has 128 valence electrons. The van der Waals surface area contributed by atoms with Crippen molar-refractivity contribution < 1.29 is 18.9 Å². The number of alkyl halides is 4. The molecule has 0 radical (unpaired) electrons. The fourth-order valence-corrected chi connectivity index (χ4v) is 7.49. The first-order valence-electron chi connectivity index (χ1n) is 7.08. The zero-order chi connectivity index (χ0) is 17.7. The van der Waals surface area contributed by atoms with Crippen LogP contribution in [0.25, 0.3) is 0 Å². The average Bonchev–Trinajstić information content (AvgIpc) is 2.60. The summed E-state index contributed by atoms with van der Waals surface area (Å²) in [4.78, 5) is 0. The fourth-order valence-electron chi connectivity index (χ4n) is 2.51. The molecule has 7 heteroatoms. The topological polar surface area (TPSA) is 0 Å². The summed E-state index contributed by atoms with van der Waals surface area (Å²) in [6.45, 7) is 0. The summed E-state index contributed by atoms with van der Waals surface area (Å²) in [6, 6.07) is 12.1. The second-order valence-corrected chi connectivity index (χ2v) is 14.4. The molecule has 2 rings (SSSR count). The summed E-state index contributed by atoms with van der Waals surface area (Å²) in [6.07, 6.45) is 0. The maximum atomic E-state index is 6.49. The van der Waals surface area contributed by atoms with Gasteiger partial charge in [0.15, 0.2) is 0 Å². The Morgan fingerprint density at radius 3 is 1.08 bits per heavy atom. The first kappa shape index (κ1) is 21.2. The molecule has 0 nitrogen and oxygen atoms in total. The van der Waals surface area contributed by atoms with Crippen molar-refractivity contribution in [2.75, 3.05) is 0 Å². The fraction of sp³-hybridized carbons (Fsp3) is 0.235. The Kier molecular flexibility index (Phi) is 9.13. The first-order chi connectivity index (χ1) is 11.5. The Bertz CT molecular complexity index is 651. The van der Waals surface area contributed by atoms with Gasteiger partial charge >= 0.3 is 179 Å². The molecule has 0 saturated carbocycles. The minimum atomic E-state index is -2.78. The van der Waals surface area contributed by atoms with Crippen LogP contribution in [-0.4, -0.2) is 3.21 Å². The van der Waals surface area contributed by atoms with Crippen molar-refractivity contribution in [2.24, 2.45) is 0 Å². The molecule has 0 bridgehead atoms. The quantitative estimate of drug-likeness (QED) is 0.354. The number of hydrogen-bond acceptors (Lipinski definition) is 0. The Balaban J connectivity index is 2.66. The molecule has 2 aromatic carbocycles. The molecule has 0 aromatic heterocycles. The van der Waals surface area contributed by atoms with E-state index in [1.54, 1.807) is 0 Å². The molecule has 0 spiro atoms. The van der Waals surface area contributed by atoms with Crippen LogP contribution < -0.4 is 0 Å². The summed E-state index contributed by atoms with van der Waals surface area (Å²) >= 11 is 21.3. The second-order valence-electron chi connectivity index (χ2n) is 5.25. The van der Waals surface area contributed by atoms with E-state index in [0.717, 1.165) is 36.6 Å². The molecule has 0 aliphatic heterocycles. The third-order valence-electron chi connectivity index (χ3n) is 3.49. The molecule has 0 saturated heterocycles. The summed E-state index contributed by atoms with van der Waals surface area (Å²) in [7, 11) is 13.0. The maximum absolute atomic E-state index is 6.49. The van der Waals surface area contributed by atoms with Crippen LogP contribution >= 0.6 is 63.4 Å². The van der Waals surface area contributed by atoms with Crippen molar-refractivity contribution in [3.05, 3.63) is 69.8 Å². The van der Waals surface area contributed by atoms with Crippen LogP contribution in [0.2, 0.25) is 0 Å². The van der Waals surface area contributed by atoms with E-state index in [1.165, 1.54) is 0 Å². The molecule has 0 amide bonds. The van der Waals surface area contributed by atoms with Crippen LogP contribution in [0.3, 0.4) is 0 Å². The molecule has 0 aliphatic carbocycles. The van der Waals surface area contributed by atoms with Gasteiger partial charge in [0, 0.05) is 0 Å². The van der Waals surface area contributed by atoms with Crippen LogP contribution in [0.5, 0.6) is 0 Å². The summed E-state index contributed by atoms with van der Waals surface area (Å²) in [5, 5.41) is 0. The number of halogens is 6. The molecule has 0 atom stereocenters. The van der Waals surface area contributed by atoms with Gasteiger partial charge in [-0.3, -0.25) is 0 Å². The van der Waals surface area contributed by atoms with Crippen LogP contribution in [0, 0.1) is 0 Å². The number of rotatable bonds is 6. The predicted octanol–water partition coefficient (Wildman–Crippen LogP) is 7.14. The molecule has 2 aromatic rings. The van der Waals surface area contributed by atoms with Gasteiger partial charge in [-0.25, -0.2) is 0 Å². The number of benzene rings is 2. The zero-order valence-electron chi connectivity index (χ0n) is 12.6. The van der Waals surface area contributed by atoms with E-state index in [4.69, 9.17) is 63.4 Å². The van der Waals surface area contributed by atoms with Gasteiger partial charge in [0.05, 0.1) is 0 Å². The van der Waals surface area contributed by atoms with Crippen LogP contribution in [0.1, 0.15) is 33.4 Å². The van der Waals surface area contributed by atoms with E-state index in [0.29, 0.717) is 23.5 Å². The SMILES string of the molecule is ClCc1cc(CCl)cc([C](c2cc(CCl)cc(CCl)c2)=[Zr]([Cl])[Cl])c1. The minimum absolute atomic E-state index is 0.406. The zero-order valence-corrected chi connectivity index (χ0v) is 19.6. The van der Waals surface area contributed by atoms with E-state index in [2.05, 4.69) is 0 Å². The van der Waals surface area contributed by atoms with Gasteiger partial charge in [-0.2, -0.15) is 0 Å². The molecule has 0 aliphatic rings. The van der Waals surface area contributed by atoms with Crippen molar-refractivity contribution in [1.29, 1.82) is 0 Å². The Labute approximate surface area is 177 Å². The molecular weight excluding hydrogens is 508 g/mol.